The topological polar surface area (TPSA) is 68.2 Å². The van der Waals surface area contributed by atoms with E-state index in [1.807, 2.05) is 30.3 Å². The minimum atomic E-state index is -1.04. The molecule has 0 bridgehead atoms. The highest BCUT2D eigenvalue weighted by molar-refractivity contribution is 5.13. The Hall–Kier alpha value is -1.24. The van der Waals surface area contributed by atoms with Crippen LogP contribution in [0.1, 0.15) is 5.56 Å². The zero-order chi connectivity index (χ0) is 14.4. The van der Waals surface area contributed by atoms with Gasteiger partial charge in [-0.3, -0.25) is 0 Å². The van der Waals surface area contributed by atoms with Crippen molar-refractivity contribution in [3.63, 3.8) is 0 Å². The van der Waals surface area contributed by atoms with Crippen molar-refractivity contribution in [2.75, 3.05) is 13.2 Å². The van der Waals surface area contributed by atoms with Crippen LogP contribution in [0.3, 0.4) is 0 Å². The van der Waals surface area contributed by atoms with E-state index in [0.29, 0.717) is 6.61 Å². The maximum atomic E-state index is 10.1. The van der Waals surface area contributed by atoms with Gasteiger partial charge in [-0.1, -0.05) is 36.4 Å². The highest BCUT2D eigenvalue weighted by Gasteiger charge is 2.40. The molecule has 2 N–H and O–H groups in total. The van der Waals surface area contributed by atoms with Gasteiger partial charge in [-0.05, 0) is 5.56 Å². The average Bonchev–Trinajstić information content (AvgIpc) is 2.47. The maximum Gasteiger partial charge on any atom is 0.186 e. The van der Waals surface area contributed by atoms with Crippen LogP contribution in [0, 0.1) is 0 Å². The molecule has 1 aromatic carbocycles. The van der Waals surface area contributed by atoms with E-state index in [-0.39, 0.29) is 13.2 Å². The van der Waals surface area contributed by atoms with Gasteiger partial charge in [0, 0.05) is 0 Å². The summed E-state index contributed by atoms with van der Waals surface area (Å²) in [6, 6.07) is 9.57. The van der Waals surface area contributed by atoms with E-state index >= 15 is 0 Å². The highest BCUT2D eigenvalue weighted by Crippen LogP contribution is 2.20. The Morgan fingerprint density at radius 3 is 2.70 bits per heavy atom. The van der Waals surface area contributed by atoms with E-state index in [0.717, 1.165) is 5.56 Å². The molecule has 0 spiro atoms. The van der Waals surface area contributed by atoms with Gasteiger partial charge in [-0.2, -0.15) is 0 Å². The van der Waals surface area contributed by atoms with Gasteiger partial charge in [-0.25, -0.2) is 0 Å². The molecule has 0 aliphatic carbocycles. The number of rotatable bonds is 6. The second-order valence-electron chi connectivity index (χ2n) is 4.64. The minimum absolute atomic E-state index is 0.0678. The van der Waals surface area contributed by atoms with Crippen LogP contribution in [-0.4, -0.2) is 48.0 Å². The van der Waals surface area contributed by atoms with Crippen LogP contribution in [0.25, 0.3) is 0 Å². The molecule has 0 saturated carbocycles. The quantitative estimate of drug-likeness (QED) is 0.756. The second kappa shape index (κ2) is 7.52. The molecule has 5 heteroatoms. The Morgan fingerprint density at radius 1 is 1.25 bits per heavy atom. The zero-order valence-electron chi connectivity index (χ0n) is 11.2. The number of aliphatic hydroxyl groups excluding tert-OH is 2. The van der Waals surface area contributed by atoms with Crippen LogP contribution in [0.4, 0.5) is 0 Å². The molecule has 2 rings (SSSR count). The molecule has 1 heterocycles. The molecule has 20 heavy (non-hydrogen) atoms. The van der Waals surface area contributed by atoms with E-state index in [9.17, 15) is 10.2 Å². The summed E-state index contributed by atoms with van der Waals surface area (Å²) < 4.78 is 16.1. The predicted octanol–water partition coefficient (Wildman–Crippen LogP) is 0.853. The number of hydrogen-bond donors (Lipinski definition) is 2. The third-order valence-electron chi connectivity index (χ3n) is 3.09. The number of benzene rings is 1. The zero-order valence-corrected chi connectivity index (χ0v) is 11.2. The molecule has 1 aromatic rings. The third-order valence-corrected chi connectivity index (χ3v) is 3.09. The van der Waals surface area contributed by atoms with Gasteiger partial charge in [0.05, 0.1) is 19.8 Å². The van der Waals surface area contributed by atoms with Crippen molar-refractivity contribution in [2.24, 2.45) is 0 Å². The SMILES string of the molecule is C=CCO[C@@H]1OC[C@H](O)[C@@H](OCc2ccccc2)[C@@H]1O. The lowest BCUT2D eigenvalue weighted by atomic mass is 10.1. The Balaban J connectivity index is 1.91. The molecule has 1 aliphatic heterocycles. The lowest BCUT2D eigenvalue weighted by molar-refractivity contribution is -0.276. The molecule has 1 aliphatic rings. The maximum absolute atomic E-state index is 10.1. The fourth-order valence-corrected chi connectivity index (χ4v) is 2.06. The Bertz CT molecular complexity index is 408. The van der Waals surface area contributed by atoms with Gasteiger partial charge in [0.25, 0.3) is 0 Å². The van der Waals surface area contributed by atoms with Crippen LogP contribution in [-0.2, 0) is 20.8 Å². The van der Waals surface area contributed by atoms with Gasteiger partial charge in [0.2, 0.25) is 0 Å². The standard InChI is InChI=1S/C15H20O5/c1-2-8-18-15-13(17)14(12(16)10-20-15)19-9-11-6-4-3-5-7-11/h2-7,12-17H,1,8-10H2/t12-,13-,14+,15+/m0/s1. The van der Waals surface area contributed by atoms with Crippen molar-refractivity contribution in [3.05, 3.63) is 48.6 Å². The Labute approximate surface area is 118 Å². The molecule has 0 radical (unpaired) electrons. The summed E-state index contributed by atoms with van der Waals surface area (Å²) in [4.78, 5) is 0. The molecule has 1 saturated heterocycles. The molecular weight excluding hydrogens is 260 g/mol. The van der Waals surface area contributed by atoms with E-state index < -0.39 is 24.6 Å². The first-order valence-electron chi connectivity index (χ1n) is 6.58. The lowest BCUT2D eigenvalue weighted by Crippen LogP contribution is -2.54. The highest BCUT2D eigenvalue weighted by atomic mass is 16.7. The molecule has 1 fully saturated rings. The van der Waals surface area contributed by atoms with Crippen molar-refractivity contribution in [1.82, 2.24) is 0 Å². The molecule has 110 valence electrons. The van der Waals surface area contributed by atoms with Gasteiger partial charge < -0.3 is 24.4 Å². The lowest BCUT2D eigenvalue weighted by Gasteiger charge is -2.37. The summed E-state index contributed by atoms with van der Waals surface area (Å²) in [5.41, 5.74) is 0.974. The summed E-state index contributed by atoms with van der Waals surface area (Å²) in [6.45, 7) is 4.19. The summed E-state index contributed by atoms with van der Waals surface area (Å²) in [5, 5.41) is 20.0. The summed E-state index contributed by atoms with van der Waals surface area (Å²) in [7, 11) is 0. The molecule has 4 atom stereocenters. The van der Waals surface area contributed by atoms with Crippen LogP contribution in [0.15, 0.2) is 43.0 Å². The summed E-state index contributed by atoms with van der Waals surface area (Å²) in [6.07, 6.45) is -1.89. The Kier molecular flexibility index (Phi) is 5.70. The fraction of sp³-hybridized carbons (Fsp3) is 0.467. The van der Waals surface area contributed by atoms with Crippen molar-refractivity contribution in [2.45, 2.75) is 31.2 Å². The molecule has 0 amide bonds. The molecule has 0 unspecified atom stereocenters. The van der Waals surface area contributed by atoms with Gasteiger partial charge >= 0.3 is 0 Å². The number of aliphatic hydroxyl groups is 2. The van der Waals surface area contributed by atoms with Crippen LogP contribution < -0.4 is 0 Å². The van der Waals surface area contributed by atoms with Crippen molar-refractivity contribution in [3.8, 4) is 0 Å². The van der Waals surface area contributed by atoms with Crippen LogP contribution in [0.2, 0.25) is 0 Å². The first-order chi connectivity index (χ1) is 9.72. The molecular formula is C15H20O5. The molecule has 5 nitrogen and oxygen atoms in total. The fourth-order valence-electron chi connectivity index (χ4n) is 2.06. The predicted molar refractivity (Wildman–Crippen MR) is 72.9 cm³/mol. The van der Waals surface area contributed by atoms with Crippen LogP contribution in [0.5, 0.6) is 0 Å². The van der Waals surface area contributed by atoms with Gasteiger partial charge in [0.15, 0.2) is 6.29 Å². The average molecular weight is 280 g/mol. The van der Waals surface area contributed by atoms with Gasteiger partial charge in [0.1, 0.15) is 18.3 Å². The van der Waals surface area contributed by atoms with E-state index in [2.05, 4.69) is 6.58 Å². The summed E-state index contributed by atoms with van der Waals surface area (Å²) in [5.74, 6) is 0. The third kappa shape index (κ3) is 3.88. The van der Waals surface area contributed by atoms with Crippen molar-refractivity contribution < 1.29 is 24.4 Å². The minimum Gasteiger partial charge on any atom is -0.388 e. The van der Waals surface area contributed by atoms with Crippen molar-refractivity contribution in [1.29, 1.82) is 0 Å². The summed E-state index contributed by atoms with van der Waals surface area (Å²) >= 11 is 0. The largest absolute Gasteiger partial charge is 0.388 e. The smallest absolute Gasteiger partial charge is 0.186 e. The number of ether oxygens (including phenoxy) is 3. The normalized spacial score (nSPS) is 30.1. The van der Waals surface area contributed by atoms with Gasteiger partial charge in [-0.15, -0.1) is 6.58 Å². The van der Waals surface area contributed by atoms with Crippen molar-refractivity contribution >= 4 is 0 Å². The number of hydrogen-bond acceptors (Lipinski definition) is 5. The first kappa shape index (κ1) is 15.2. The Morgan fingerprint density at radius 2 is 2.00 bits per heavy atom. The second-order valence-corrected chi connectivity index (χ2v) is 4.64. The van der Waals surface area contributed by atoms with E-state index in [1.165, 1.54) is 0 Å². The molecule has 0 aromatic heterocycles. The van der Waals surface area contributed by atoms with E-state index in [4.69, 9.17) is 14.2 Å². The monoisotopic (exact) mass is 280 g/mol. The first-order valence-corrected chi connectivity index (χ1v) is 6.58. The van der Waals surface area contributed by atoms with E-state index in [1.54, 1.807) is 6.08 Å². The van der Waals surface area contributed by atoms with Crippen LogP contribution >= 0.6 is 0 Å².